The van der Waals surface area contributed by atoms with Crippen molar-refractivity contribution in [2.75, 3.05) is 6.61 Å². The standard InChI is InChI=1S/C9H10O.C3H6.C2H6/c1-7-6-10-9-5-3-2-4-8(7)9;1-3-2;1-2/h2-5,7H,6H2,1H3;3H,1H2,2H3;1-2H3. The third kappa shape index (κ3) is 4.20. The fourth-order valence-electron chi connectivity index (χ4n) is 1.32. The van der Waals surface area contributed by atoms with Crippen LogP contribution >= 0.6 is 0 Å². The molecule has 1 heterocycles. The van der Waals surface area contributed by atoms with Crippen molar-refractivity contribution >= 4 is 0 Å². The lowest BCUT2D eigenvalue weighted by atomic mass is 10.0. The molecule has 0 saturated heterocycles. The molecule has 1 unspecified atom stereocenters. The summed E-state index contributed by atoms with van der Waals surface area (Å²) in [6.07, 6.45) is 1.75. The van der Waals surface area contributed by atoms with Gasteiger partial charge in [-0.3, -0.25) is 0 Å². The van der Waals surface area contributed by atoms with Crippen LogP contribution in [0.3, 0.4) is 0 Å². The summed E-state index contributed by atoms with van der Waals surface area (Å²) < 4.78 is 5.41. The number of fused-ring (bicyclic) bond motifs is 1. The molecule has 1 aliphatic heterocycles. The van der Waals surface area contributed by atoms with Crippen LogP contribution in [-0.2, 0) is 0 Å². The lowest BCUT2D eigenvalue weighted by Gasteiger charge is -1.96. The van der Waals surface area contributed by atoms with Gasteiger partial charge in [-0.1, -0.05) is 45.0 Å². The molecule has 1 aromatic rings. The van der Waals surface area contributed by atoms with Gasteiger partial charge >= 0.3 is 0 Å². The normalized spacial score (nSPS) is 15.9. The maximum Gasteiger partial charge on any atom is 0.122 e. The minimum absolute atomic E-state index is 0.580. The Morgan fingerprint density at radius 3 is 2.40 bits per heavy atom. The highest BCUT2D eigenvalue weighted by Gasteiger charge is 2.17. The number of rotatable bonds is 0. The summed E-state index contributed by atoms with van der Waals surface area (Å²) >= 11 is 0. The summed E-state index contributed by atoms with van der Waals surface area (Å²) in [6.45, 7) is 12.3. The second-order valence-corrected chi connectivity index (χ2v) is 3.16. The fraction of sp³-hybridized carbons (Fsp3) is 0.429. The van der Waals surface area contributed by atoms with E-state index in [0.717, 1.165) is 12.4 Å². The van der Waals surface area contributed by atoms with Crippen LogP contribution in [0.5, 0.6) is 5.75 Å². The Hall–Kier alpha value is -1.24. The van der Waals surface area contributed by atoms with E-state index in [1.54, 1.807) is 6.08 Å². The third-order valence-electron chi connectivity index (χ3n) is 1.94. The second-order valence-electron chi connectivity index (χ2n) is 3.16. The van der Waals surface area contributed by atoms with E-state index >= 15 is 0 Å². The highest BCUT2D eigenvalue weighted by atomic mass is 16.5. The Kier molecular flexibility index (Phi) is 7.43. The first-order chi connectivity index (χ1) is 7.29. The molecule has 84 valence electrons. The van der Waals surface area contributed by atoms with Crippen molar-refractivity contribution in [2.45, 2.75) is 33.6 Å². The second kappa shape index (κ2) is 8.10. The molecule has 1 atom stereocenters. The molecule has 0 fully saturated rings. The zero-order chi connectivity index (χ0) is 11.7. The SMILES string of the molecule is C=CC.CC.CC1COc2ccccc21. The molecule has 0 spiro atoms. The van der Waals surface area contributed by atoms with Crippen molar-refractivity contribution in [1.29, 1.82) is 0 Å². The summed E-state index contributed by atoms with van der Waals surface area (Å²) in [6, 6.07) is 8.23. The van der Waals surface area contributed by atoms with E-state index in [1.807, 2.05) is 32.9 Å². The largest absolute Gasteiger partial charge is 0.493 e. The summed E-state index contributed by atoms with van der Waals surface area (Å²) in [7, 11) is 0. The number of hydrogen-bond donors (Lipinski definition) is 0. The van der Waals surface area contributed by atoms with Gasteiger partial charge in [-0.2, -0.15) is 0 Å². The van der Waals surface area contributed by atoms with Crippen LogP contribution in [-0.4, -0.2) is 6.61 Å². The molecule has 0 bridgehead atoms. The van der Waals surface area contributed by atoms with Crippen LogP contribution in [0.2, 0.25) is 0 Å². The van der Waals surface area contributed by atoms with Gasteiger partial charge < -0.3 is 4.74 Å². The third-order valence-corrected chi connectivity index (χ3v) is 1.94. The molecular formula is C14H22O. The van der Waals surface area contributed by atoms with E-state index in [4.69, 9.17) is 4.74 Å². The highest BCUT2D eigenvalue weighted by Crippen LogP contribution is 2.32. The van der Waals surface area contributed by atoms with E-state index < -0.39 is 0 Å². The van der Waals surface area contributed by atoms with Crippen LogP contribution in [0.4, 0.5) is 0 Å². The van der Waals surface area contributed by atoms with Gasteiger partial charge in [0.25, 0.3) is 0 Å². The summed E-state index contributed by atoms with van der Waals surface area (Å²) in [5.41, 5.74) is 1.35. The van der Waals surface area contributed by atoms with Gasteiger partial charge in [0.05, 0.1) is 6.61 Å². The Balaban J connectivity index is 0.000000342. The van der Waals surface area contributed by atoms with Crippen molar-refractivity contribution in [3.8, 4) is 5.75 Å². The van der Waals surface area contributed by atoms with Gasteiger partial charge in [0.2, 0.25) is 0 Å². The predicted molar refractivity (Wildman–Crippen MR) is 67.6 cm³/mol. The minimum Gasteiger partial charge on any atom is -0.493 e. The smallest absolute Gasteiger partial charge is 0.122 e. The molecular weight excluding hydrogens is 184 g/mol. The van der Waals surface area contributed by atoms with E-state index in [-0.39, 0.29) is 0 Å². The van der Waals surface area contributed by atoms with E-state index in [0.29, 0.717) is 5.92 Å². The van der Waals surface area contributed by atoms with Gasteiger partial charge in [-0.05, 0) is 13.0 Å². The Labute approximate surface area is 93.8 Å². The number of benzene rings is 1. The zero-order valence-corrected chi connectivity index (χ0v) is 10.3. The Bertz CT molecular complexity index is 278. The molecule has 1 nitrogen and oxygen atoms in total. The van der Waals surface area contributed by atoms with E-state index in [9.17, 15) is 0 Å². The Morgan fingerprint density at radius 1 is 1.33 bits per heavy atom. The van der Waals surface area contributed by atoms with Crippen LogP contribution in [0.15, 0.2) is 36.9 Å². The van der Waals surface area contributed by atoms with Gasteiger partial charge in [-0.25, -0.2) is 0 Å². The van der Waals surface area contributed by atoms with Gasteiger partial charge in [0.1, 0.15) is 5.75 Å². The quantitative estimate of drug-likeness (QED) is 0.572. The first kappa shape index (κ1) is 13.8. The van der Waals surface area contributed by atoms with Crippen LogP contribution < -0.4 is 4.74 Å². The monoisotopic (exact) mass is 206 g/mol. The molecule has 0 saturated carbocycles. The van der Waals surface area contributed by atoms with Crippen LogP contribution in [0, 0.1) is 0 Å². The average molecular weight is 206 g/mol. The summed E-state index contributed by atoms with van der Waals surface area (Å²) in [4.78, 5) is 0. The summed E-state index contributed by atoms with van der Waals surface area (Å²) in [5.74, 6) is 1.64. The molecule has 2 rings (SSSR count). The average Bonchev–Trinajstić information content (AvgIpc) is 2.65. The van der Waals surface area contributed by atoms with Crippen molar-refractivity contribution in [3.63, 3.8) is 0 Å². The van der Waals surface area contributed by atoms with Crippen LogP contribution in [0.25, 0.3) is 0 Å². The molecule has 0 radical (unpaired) electrons. The lowest BCUT2D eigenvalue weighted by Crippen LogP contribution is -1.93. The lowest BCUT2D eigenvalue weighted by molar-refractivity contribution is 0.337. The number of allylic oxidation sites excluding steroid dienone is 1. The fourth-order valence-corrected chi connectivity index (χ4v) is 1.32. The highest BCUT2D eigenvalue weighted by molar-refractivity contribution is 5.38. The molecule has 0 N–H and O–H groups in total. The van der Waals surface area contributed by atoms with Crippen LogP contribution in [0.1, 0.15) is 39.2 Å². The molecule has 1 aliphatic rings. The van der Waals surface area contributed by atoms with Crippen molar-refractivity contribution < 1.29 is 4.74 Å². The zero-order valence-electron chi connectivity index (χ0n) is 10.3. The molecule has 1 heteroatoms. The first-order valence-electron chi connectivity index (χ1n) is 5.58. The van der Waals surface area contributed by atoms with Crippen molar-refractivity contribution in [1.82, 2.24) is 0 Å². The topological polar surface area (TPSA) is 9.23 Å². The molecule has 15 heavy (non-hydrogen) atoms. The predicted octanol–water partition coefficient (Wildman–Crippen LogP) is 4.40. The maximum atomic E-state index is 5.41. The van der Waals surface area contributed by atoms with Gasteiger partial charge in [0.15, 0.2) is 0 Å². The van der Waals surface area contributed by atoms with E-state index in [2.05, 4.69) is 25.6 Å². The number of para-hydroxylation sites is 1. The number of hydrogen-bond acceptors (Lipinski definition) is 1. The molecule has 0 aromatic heterocycles. The molecule has 1 aromatic carbocycles. The van der Waals surface area contributed by atoms with E-state index in [1.165, 1.54) is 5.56 Å². The van der Waals surface area contributed by atoms with Crippen molar-refractivity contribution in [3.05, 3.63) is 42.5 Å². The molecule has 0 amide bonds. The Morgan fingerprint density at radius 2 is 1.87 bits per heavy atom. The first-order valence-corrected chi connectivity index (χ1v) is 5.58. The van der Waals surface area contributed by atoms with Gasteiger partial charge in [0, 0.05) is 11.5 Å². The molecule has 0 aliphatic carbocycles. The van der Waals surface area contributed by atoms with Crippen molar-refractivity contribution in [2.24, 2.45) is 0 Å². The number of ether oxygens (including phenoxy) is 1. The maximum absolute atomic E-state index is 5.41. The minimum atomic E-state index is 0.580. The van der Waals surface area contributed by atoms with Gasteiger partial charge in [-0.15, -0.1) is 6.58 Å². The summed E-state index contributed by atoms with van der Waals surface area (Å²) in [5, 5.41) is 0.